The molecule has 0 radical (unpaired) electrons. The molecule has 3 aromatic carbocycles. The Morgan fingerprint density at radius 1 is 0.677 bits per heavy atom. The summed E-state index contributed by atoms with van der Waals surface area (Å²) < 4.78 is 21.4. The first-order valence-electron chi connectivity index (χ1n) is 9.75. The van der Waals surface area contributed by atoms with Gasteiger partial charge in [0.2, 0.25) is 0 Å². The first kappa shape index (κ1) is 21.9. The van der Waals surface area contributed by atoms with Gasteiger partial charge in [0.15, 0.2) is 5.92 Å². The molecule has 31 heavy (non-hydrogen) atoms. The third-order valence-corrected chi connectivity index (χ3v) is 4.63. The van der Waals surface area contributed by atoms with Crippen molar-refractivity contribution < 1.29 is 28.5 Å². The molecule has 6 nitrogen and oxygen atoms in total. The lowest BCUT2D eigenvalue weighted by Crippen LogP contribution is -2.26. The Morgan fingerprint density at radius 2 is 1.10 bits per heavy atom. The van der Waals surface area contributed by atoms with Gasteiger partial charge in [-0.15, -0.1) is 0 Å². The summed E-state index contributed by atoms with van der Waals surface area (Å²) in [5, 5.41) is 0. The zero-order valence-corrected chi connectivity index (χ0v) is 17.4. The number of rotatable bonds is 9. The van der Waals surface area contributed by atoms with Gasteiger partial charge in [-0.25, -0.2) is 0 Å². The Morgan fingerprint density at radius 3 is 1.48 bits per heavy atom. The van der Waals surface area contributed by atoms with E-state index in [4.69, 9.17) is 18.9 Å². The first-order chi connectivity index (χ1) is 15.1. The van der Waals surface area contributed by atoms with Crippen LogP contribution in [0.1, 0.15) is 22.6 Å². The first-order valence-corrected chi connectivity index (χ1v) is 9.75. The van der Waals surface area contributed by atoms with Gasteiger partial charge in [0.05, 0.1) is 14.2 Å². The molecule has 160 valence electrons. The molecule has 3 aromatic rings. The Balaban J connectivity index is 1.83. The minimum Gasteiger partial charge on any atom is -0.497 e. The van der Waals surface area contributed by atoms with Crippen LogP contribution >= 0.6 is 0 Å². The number of hydrogen-bond donors (Lipinski definition) is 0. The highest BCUT2D eigenvalue weighted by molar-refractivity contribution is 6.01. The average Bonchev–Trinajstić information content (AvgIpc) is 2.82. The van der Waals surface area contributed by atoms with Gasteiger partial charge in [-0.05, 0) is 28.8 Å². The lowest BCUT2D eigenvalue weighted by molar-refractivity contribution is -0.159. The van der Waals surface area contributed by atoms with Crippen molar-refractivity contribution in [2.45, 2.75) is 19.1 Å². The average molecular weight is 420 g/mol. The molecule has 0 amide bonds. The van der Waals surface area contributed by atoms with E-state index < -0.39 is 17.9 Å². The van der Waals surface area contributed by atoms with Crippen molar-refractivity contribution in [3.8, 4) is 11.5 Å². The van der Waals surface area contributed by atoms with Crippen molar-refractivity contribution in [3.63, 3.8) is 0 Å². The molecule has 0 atom stereocenters. The summed E-state index contributed by atoms with van der Waals surface area (Å²) in [4.78, 5) is 25.9. The highest BCUT2D eigenvalue weighted by Crippen LogP contribution is 2.29. The van der Waals surface area contributed by atoms with Crippen molar-refractivity contribution in [2.75, 3.05) is 14.2 Å². The molecular formula is C25H24O6. The zero-order chi connectivity index (χ0) is 22.1. The van der Waals surface area contributed by atoms with Gasteiger partial charge < -0.3 is 18.9 Å². The van der Waals surface area contributed by atoms with Crippen LogP contribution in [0.5, 0.6) is 11.5 Å². The van der Waals surface area contributed by atoms with Gasteiger partial charge in [0, 0.05) is 6.07 Å². The molecule has 0 N–H and O–H groups in total. The largest absolute Gasteiger partial charge is 0.497 e. The van der Waals surface area contributed by atoms with Crippen molar-refractivity contribution in [1.29, 1.82) is 0 Å². The van der Waals surface area contributed by atoms with E-state index in [0.717, 1.165) is 11.1 Å². The number of ether oxygens (including phenoxy) is 4. The monoisotopic (exact) mass is 420 g/mol. The summed E-state index contributed by atoms with van der Waals surface area (Å²) in [5.74, 6) is -1.80. The molecule has 0 spiro atoms. The van der Waals surface area contributed by atoms with E-state index in [1.54, 1.807) is 18.2 Å². The van der Waals surface area contributed by atoms with Crippen LogP contribution in [0.4, 0.5) is 0 Å². The number of hydrogen-bond acceptors (Lipinski definition) is 6. The van der Waals surface area contributed by atoms with Crippen LogP contribution in [-0.2, 0) is 32.3 Å². The van der Waals surface area contributed by atoms with Crippen LogP contribution in [0, 0.1) is 0 Å². The Hall–Kier alpha value is -3.80. The van der Waals surface area contributed by atoms with E-state index in [9.17, 15) is 9.59 Å². The predicted molar refractivity (Wildman–Crippen MR) is 115 cm³/mol. The molecule has 0 fully saturated rings. The quantitative estimate of drug-likeness (QED) is 0.380. The molecular weight excluding hydrogens is 396 g/mol. The molecule has 0 bridgehead atoms. The maximum Gasteiger partial charge on any atom is 0.325 e. The van der Waals surface area contributed by atoms with Gasteiger partial charge >= 0.3 is 11.9 Å². The van der Waals surface area contributed by atoms with Crippen LogP contribution in [-0.4, -0.2) is 26.2 Å². The molecule has 3 rings (SSSR count). The van der Waals surface area contributed by atoms with E-state index in [-0.39, 0.29) is 13.2 Å². The third kappa shape index (κ3) is 6.09. The van der Waals surface area contributed by atoms with E-state index >= 15 is 0 Å². The Labute approximate surface area is 181 Å². The summed E-state index contributed by atoms with van der Waals surface area (Å²) in [6, 6.07) is 23.3. The molecule has 0 aliphatic carbocycles. The fraction of sp³-hybridized carbons (Fsp3) is 0.200. The van der Waals surface area contributed by atoms with Crippen LogP contribution in [0.15, 0.2) is 78.9 Å². The van der Waals surface area contributed by atoms with E-state index in [1.165, 1.54) is 14.2 Å². The SMILES string of the molecule is COc1cc(OC)cc(C(C(=O)OCc2ccccc2)C(=O)OCc2ccccc2)c1. The number of esters is 2. The lowest BCUT2D eigenvalue weighted by Gasteiger charge is -2.17. The van der Waals surface area contributed by atoms with Gasteiger partial charge in [-0.3, -0.25) is 9.59 Å². The Kier molecular flexibility index (Phi) is 7.65. The van der Waals surface area contributed by atoms with Gasteiger partial charge in [0.1, 0.15) is 24.7 Å². The second-order valence-corrected chi connectivity index (χ2v) is 6.77. The van der Waals surface area contributed by atoms with Gasteiger partial charge in [-0.1, -0.05) is 60.7 Å². The lowest BCUT2D eigenvalue weighted by atomic mass is 9.98. The molecule has 0 aliphatic heterocycles. The van der Waals surface area contributed by atoms with Crippen LogP contribution in [0.2, 0.25) is 0 Å². The number of carbonyl (C=O) groups excluding carboxylic acids is 2. The van der Waals surface area contributed by atoms with Crippen molar-refractivity contribution in [2.24, 2.45) is 0 Å². The normalized spacial score (nSPS) is 10.4. The maximum absolute atomic E-state index is 13.0. The molecule has 0 heterocycles. The standard InChI is InChI=1S/C25H24O6/c1-28-21-13-20(14-22(15-21)29-2)23(24(26)30-16-18-9-5-3-6-10-18)25(27)31-17-19-11-7-4-8-12-19/h3-15,23H,16-17H2,1-2H3. The van der Waals surface area contributed by atoms with Gasteiger partial charge in [-0.2, -0.15) is 0 Å². The fourth-order valence-electron chi connectivity index (χ4n) is 2.99. The van der Waals surface area contributed by atoms with Crippen LogP contribution < -0.4 is 9.47 Å². The molecule has 0 unspecified atom stereocenters. The maximum atomic E-state index is 13.0. The predicted octanol–water partition coefficient (Wildman–Crippen LogP) is 4.27. The highest BCUT2D eigenvalue weighted by atomic mass is 16.6. The summed E-state index contributed by atoms with van der Waals surface area (Å²) >= 11 is 0. The summed E-state index contributed by atoms with van der Waals surface area (Å²) in [6.07, 6.45) is 0. The molecule has 0 saturated carbocycles. The highest BCUT2D eigenvalue weighted by Gasteiger charge is 2.33. The van der Waals surface area contributed by atoms with E-state index in [1.807, 2.05) is 60.7 Å². The van der Waals surface area contributed by atoms with Crippen LogP contribution in [0.25, 0.3) is 0 Å². The summed E-state index contributed by atoms with van der Waals surface area (Å²) in [5.41, 5.74) is 2.00. The van der Waals surface area contributed by atoms with E-state index in [0.29, 0.717) is 17.1 Å². The topological polar surface area (TPSA) is 71.1 Å². The second-order valence-electron chi connectivity index (χ2n) is 6.77. The molecule has 0 aromatic heterocycles. The minimum atomic E-state index is -1.28. The molecule has 0 saturated heterocycles. The molecule has 0 aliphatic rings. The Bertz CT molecular complexity index is 923. The third-order valence-electron chi connectivity index (χ3n) is 4.63. The number of carbonyl (C=O) groups is 2. The number of benzene rings is 3. The van der Waals surface area contributed by atoms with Crippen molar-refractivity contribution >= 4 is 11.9 Å². The molecule has 6 heteroatoms. The minimum absolute atomic E-state index is 0.0449. The van der Waals surface area contributed by atoms with Crippen LogP contribution in [0.3, 0.4) is 0 Å². The smallest absolute Gasteiger partial charge is 0.325 e. The summed E-state index contributed by atoms with van der Waals surface area (Å²) in [6.45, 7) is 0.0898. The number of methoxy groups -OCH3 is 2. The van der Waals surface area contributed by atoms with Crippen molar-refractivity contribution in [3.05, 3.63) is 95.6 Å². The van der Waals surface area contributed by atoms with E-state index in [2.05, 4.69) is 0 Å². The van der Waals surface area contributed by atoms with Crippen molar-refractivity contribution in [1.82, 2.24) is 0 Å². The second kappa shape index (κ2) is 10.8. The zero-order valence-electron chi connectivity index (χ0n) is 17.4. The fourth-order valence-corrected chi connectivity index (χ4v) is 2.99. The van der Waals surface area contributed by atoms with Gasteiger partial charge in [0.25, 0.3) is 0 Å². The summed E-state index contributed by atoms with van der Waals surface area (Å²) in [7, 11) is 2.99.